The van der Waals surface area contributed by atoms with Crippen LogP contribution in [0.2, 0.25) is 0 Å². The predicted octanol–water partition coefficient (Wildman–Crippen LogP) is -2.30. The highest BCUT2D eigenvalue weighted by Gasteiger charge is 2.52. The molecule has 0 aromatic heterocycles. The number of aliphatic hydroxyl groups is 1. The number of hydrogen-bond acceptors (Lipinski definition) is 7. The van der Waals surface area contributed by atoms with E-state index in [9.17, 15) is 19.4 Å². The number of carbonyl (C=O) groups excluding carboxylic acids is 1. The Balaban J connectivity index is 4.72. The molecule has 0 aromatic rings. The summed E-state index contributed by atoms with van der Waals surface area (Å²) in [6.45, 7) is -0.129. The van der Waals surface area contributed by atoms with Crippen LogP contribution in [0, 0.1) is 5.41 Å². The number of aliphatic carboxylic acids is 1. The van der Waals surface area contributed by atoms with Gasteiger partial charge in [-0.1, -0.05) is 0 Å². The van der Waals surface area contributed by atoms with Gasteiger partial charge in [0.15, 0.2) is 0 Å². The van der Waals surface area contributed by atoms with Crippen molar-refractivity contribution in [1.29, 1.82) is 5.41 Å². The van der Waals surface area contributed by atoms with Crippen LogP contribution in [0.1, 0.15) is 6.92 Å². The molecule has 0 aromatic carbocycles. The van der Waals surface area contributed by atoms with Crippen molar-refractivity contribution in [1.82, 2.24) is 5.32 Å². The van der Waals surface area contributed by atoms with Gasteiger partial charge in [0.25, 0.3) is 0 Å². The van der Waals surface area contributed by atoms with E-state index in [0.717, 1.165) is 6.92 Å². The third kappa shape index (κ3) is 4.28. The van der Waals surface area contributed by atoms with E-state index < -0.39 is 49.9 Å². The van der Waals surface area contributed by atoms with Gasteiger partial charge in [0.05, 0.1) is 13.2 Å². The van der Waals surface area contributed by atoms with Crippen molar-refractivity contribution in [3.8, 4) is 0 Å². The number of nitrogens with two attached hydrogens (primary N) is 1. The first-order valence-electron chi connectivity index (χ1n) is 4.91. The Morgan fingerprint density at radius 3 is 2.28 bits per heavy atom. The normalized spacial score (nSPS) is 14.7. The maximum absolute atomic E-state index is 11.2. The van der Waals surface area contributed by atoms with Gasteiger partial charge < -0.3 is 21.3 Å². The van der Waals surface area contributed by atoms with Gasteiger partial charge in [0.1, 0.15) is 6.04 Å². The van der Waals surface area contributed by atoms with Gasteiger partial charge in [0, 0.05) is 6.92 Å². The number of hydrogen-bond donors (Lipinski definition) is 7. The Hall–Kier alpha value is -1.12. The summed E-state index contributed by atoms with van der Waals surface area (Å²) in [7, 11) is -4.11. The average molecular weight is 282 g/mol. The first-order chi connectivity index (χ1) is 8.14. The van der Waals surface area contributed by atoms with Gasteiger partial charge in [-0.05, 0) is 0 Å². The van der Waals surface area contributed by atoms with Gasteiger partial charge in [-0.15, -0.1) is 0 Å². The monoisotopic (exact) mass is 282 g/mol. The SMILES string of the molecule is CC(=N)[P+](O)(O)C(CNC(=O)[C@@H](N)CO)C(=O)O. The maximum Gasteiger partial charge on any atom is 0.352 e. The zero-order valence-electron chi connectivity index (χ0n) is 9.70. The number of carboxylic acid groups (broad SMARTS) is 1. The van der Waals surface area contributed by atoms with Crippen molar-refractivity contribution in [2.24, 2.45) is 5.73 Å². The van der Waals surface area contributed by atoms with Crippen LogP contribution in [0.3, 0.4) is 0 Å². The molecular formula is C8H17N3O6P+. The fraction of sp³-hybridized carbons (Fsp3) is 0.625. The van der Waals surface area contributed by atoms with E-state index in [1.165, 1.54) is 0 Å². The summed E-state index contributed by atoms with van der Waals surface area (Å²) < 4.78 is 0. The Morgan fingerprint density at radius 1 is 1.44 bits per heavy atom. The quantitative estimate of drug-likeness (QED) is 0.203. The summed E-state index contributed by atoms with van der Waals surface area (Å²) in [6.07, 6.45) is 0. The number of carbonyl (C=O) groups is 2. The summed E-state index contributed by atoms with van der Waals surface area (Å²) in [4.78, 5) is 41.2. The largest absolute Gasteiger partial charge is 0.478 e. The minimum atomic E-state index is -4.11. The molecule has 0 spiro atoms. The van der Waals surface area contributed by atoms with Gasteiger partial charge in [0.2, 0.25) is 17.0 Å². The summed E-state index contributed by atoms with van der Waals surface area (Å²) in [6, 6.07) is -1.22. The van der Waals surface area contributed by atoms with Gasteiger partial charge in [-0.2, -0.15) is 0 Å². The third-order valence-electron chi connectivity index (χ3n) is 2.22. The van der Waals surface area contributed by atoms with Crippen LogP contribution in [0.15, 0.2) is 0 Å². The second-order valence-corrected chi connectivity index (χ2v) is 6.22. The number of nitrogens with one attached hydrogen (secondary N) is 2. The standard InChI is InChI=1S/C8H16N3O6P/c1-4(9)18(16,17)6(8(14)15)2-11-7(13)5(10)3-12/h5-6,9,12,16-17H,2-3,10H2,1H3,(H-,11,13,14,15)/p+1/t5-,6?/m0/s1. The summed E-state index contributed by atoms with van der Waals surface area (Å²) in [5.41, 5.74) is 2.92. The fourth-order valence-electron chi connectivity index (χ4n) is 1.01. The second-order valence-electron chi connectivity index (χ2n) is 3.62. The number of carboxylic acids is 1. The third-order valence-corrected chi connectivity index (χ3v) is 4.48. The molecular weight excluding hydrogens is 265 g/mol. The van der Waals surface area contributed by atoms with Crippen molar-refractivity contribution in [2.75, 3.05) is 13.2 Å². The van der Waals surface area contributed by atoms with E-state index in [2.05, 4.69) is 5.32 Å². The molecule has 0 saturated carbocycles. The molecule has 0 heterocycles. The molecule has 0 aliphatic carbocycles. The molecule has 1 amide bonds. The molecule has 104 valence electrons. The van der Waals surface area contributed by atoms with E-state index in [1.807, 2.05) is 0 Å². The minimum absolute atomic E-state index is 0.560. The highest BCUT2D eigenvalue weighted by molar-refractivity contribution is 7.82. The molecule has 0 saturated heterocycles. The molecule has 10 heteroatoms. The molecule has 2 atom stereocenters. The number of aliphatic hydroxyl groups excluding tert-OH is 1. The van der Waals surface area contributed by atoms with Crippen molar-refractivity contribution >= 4 is 25.0 Å². The van der Waals surface area contributed by atoms with Crippen LogP contribution in [-0.4, -0.2) is 62.2 Å². The minimum Gasteiger partial charge on any atom is -0.478 e. The molecule has 0 aliphatic rings. The molecule has 0 radical (unpaired) electrons. The number of rotatable bonds is 7. The molecule has 0 bridgehead atoms. The zero-order valence-corrected chi connectivity index (χ0v) is 10.6. The molecule has 9 nitrogen and oxygen atoms in total. The fourth-order valence-corrected chi connectivity index (χ4v) is 2.14. The van der Waals surface area contributed by atoms with E-state index >= 15 is 0 Å². The first kappa shape index (κ1) is 16.9. The molecule has 18 heavy (non-hydrogen) atoms. The molecule has 1 unspecified atom stereocenters. The van der Waals surface area contributed by atoms with Gasteiger partial charge in [-0.3, -0.25) is 10.2 Å². The molecule has 0 fully saturated rings. The van der Waals surface area contributed by atoms with Crippen LogP contribution in [0.5, 0.6) is 0 Å². The highest BCUT2D eigenvalue weighted by Crippen LogP contribution is 2.55. The van der Waals surface area contributed by atoms with Gasteiger partial charge in [-0.25, -0.2) is 14.6 Å². The molecule has 8 N–H and O–H groups in total. The number of amides is 1. The average Bonchev–Trinajstić information content (AvgIpc) is 2.26. The van der Waals surface area contributed by atoms with Crippen LogP contribution in [-0.2, 0) is 9.59 Å². The van der Waals surface area contributed by atoms with Crippen LogP contribution in [0.4, 0.5) is 0 Å². The Bertz CT molecular complexity index is 348. The lowest BCUT2D eigenvalue weighted by Gasteiger charge is -2.19. The lowest BCUT2D eigenvalue weighted by Crippen LogP contribution is -2.47. The van der Waals surface area contributed by atoms with E-state index in [1.54, 1.807) is 0 Å². The summed E-state index contributed by atoms with van der Waals surface area (Å²) in [5.74, 6) is -2.36. The van der Waals surface area contributed by atoms with Crippen molar-refractivity contribution in [2.45, 2.75) is 18.6 Å². The van der Waals surface area contributed by atoms with Crippen molar-refractivity contribution in [3.63, 3.8) is 0 Å². The lowest BCUT2D eigenvalue weighted by atomic mass is 10.3. The zero-order chi connectivity index (χ0) is 14.5. The Labute approximate surface area is 104 Å². The van der Waals surface area contributed by atoms with Gasteiger partial charge >= 0.3 is 13.7 Å². The van der Waals surface area contributed by atoms with E-state index in [0.29, 0.717) is 0 Å². The Morgan fingerprint density at radius 2 is 1.94 bits per heavy atom. The van der Waals surface area contributed by atoms with Crippen molar-refractivity contribution < 1.29 is 29.6 Å². The lowest BCUT2D eigenvalue weighted by molar-refractivity contribution is -0.136. The maximum atomic E-state index is 11.2. The van der Waals surface area contributed by atoms with Crippen LogP contribution < -0.4 is 11.1 Å². The topological polar surface area (TPSA) is 177 Å². The van der Waals surface area contributed by atoms with Crippen molar-refractivity contribution in [3.05, 3.63) is 0 Å². The highest BCUT2D eigenvalue weighted by atomic mass is 31.2. The summed E-state index contributed by atoms with van der Waals surface area (Å²) in [5, 5.41) is 26.7. The molecule has 0 aliphatic heterocycles. The van der Waals surface area contributed by atoms with Crippen LogP contribution in [0.25, 0.3) is 0 Å². The second kappa shape index (κ2) is 6.72. The molecule has 0 rings (SSSR count). The smallest absolute Gasteiger partial charge is 0.352 e. The first-order valence-corrected chi connectivity index (χ1v) is 6.67. The summed E-state index contributed by atoms with van der Waals surface area (Å²) >= 11 is 0. The van der Waals surface area contributed by atoms with E-state index in [-0.39, 0.29) is 0 Å². The van der Waals surface area contributed by atoms with E-state index in [4.69, 9.17) is 21.4 Å². The predicted molar refractivity (Wildman–Crippen MR) is 64.3 cm³/mol. The Kier molecular flexibility index (Phi) is 6.30. The van der Waals surface area contributed by atoms with Crippen LogP contribution >= 0.6 is 7.72 Å².